The molecule has 0 radical (unpaired) electrons. The summed E-state index contributed by atoms with van der Waals surface area (Å²) in [6.45, 7) is 9.17. The molecule has 6 nitrogen and oxygen atoms in total. The Morgan fingerprint density at radius 1 is 1.03 bits per heavy atom. The van der Waals surface area contributed by atoms with E-state index in [1.807, 2.05) is 74.2 Å². The van der Waals surface area contributed by atoms with Gasteiger partial charge in [0.1, 0.15) is 5.75 Å². The Labute approximate surface area is 178 Å². The number of benzene rings is 2. The van der Waals surface area contributed by atoms with Crippen molar-refractivity contribution >= 4 is 17.5 Å². The summed E-state index contributed by atoms with van der Waals surface area (Å²) in [7, 11) is 0. The van der Waals surface area contributed by atoms with Crippen LogP contribution in [0.15, 0.2) is 48.5 Å². The Balaban J connectivity index is 1.49. The number of ether oxygens (including phenoxy) is 1. The van der Waals surface area contributed by atoms with Gasteiger partial charge in [-0.15, -0.1) is 0 Å². The monoisotopic (exact) mass is 410 g/mol. The number of carbonyl (C=O) groups is 2. The molecule has 1 heterocycles. The van der Waals surface area contributed by atoms with Crippen LogP contribution in [0, 0.1) is 13.8 Å². The maximum absolute atomic E-state index is 12.9. The molecule has 30 heavy (non-hydrogen) atoms. The molecule has 2 amide bonds. The van der Waals surface area contributed by atoms with E-state index in [-0.39, 0.29) is 11.8 Å². The van der Waals surface area contributed by atoms with E-state index in [2.05, 4.69) is 5.32 Å². The molecule has 0 saturated carbocycles. The molecule has 1 aliphatic rings. The number of hydrogen-bond donors (Lipinski definition) is 2. The molecule has 6 heteroatoms. The van der Waals surface area contributed by atoms with Gasteiger partial charge in [-0.3, -0.25) is 9.59 Å². The van der Waals surface area contributed by atoms with Crippen molar-refractivity contribution < 1.29 is 19.2 Å². The van der Waals surface area contributed by atoms with Gasteiger partial charge in [0.25, 0.3) is 11.8 Å². The molecule has 3 rings (SSSR count). The molecule has 1 saturated heterocycles. The number of piperazine rings is 1. The summed E-state index contributed by atoms with van der Waals surface area (Å²) in [5.41, 5.74) is 3.04. The summed E-state index contributed by atoms with van der Waals surface area (Å²) in [6.07, 6.45) is 0.153. The lowest BCUT2D eigenvalue weighted by molar-refractivity contribution is -0.895. The molecule has 160 valence electrons. The Morgan fingerprint density at radius 2 is 1.67 bits per heavy atom. The van der Waals surface area contributed by atoms with Gasteiger partial charge in [0, 0.05) is 5.69 Å². The Kier molecular flexibility index (Phi) is 7.46. The number of rotatable bonds is 7. The highest BCUT2D eigenvalue weighted by Gasteiger charge is 2.30. The van der Waals surface area contributed by atoms with Gasteiger partial charge in [0.15, 0.2) is 12.6 Å². The highest BCUT2D eigenvalue weighted by molar-refractivity contribution is 5.93. The molecule has 0 spiro atoms. The van der Waals surface area contributed by atoms with Crippen LogP contribution in [0.2, 0.25) is 0 Å². The van der Waals surface area contributed by atoms with Crippen LogP contribution in [0.5, 0.6) is 5.75 Å². The fraction of sp³-hybridized carbons (Fsp3) is 0.417. The van der Waals surface area contributed by atoms with Crippen molar-refractivity contribution in [3.05, 3.63) is 59.7 Å². The average molecular weight is 411 g/mol. The molecular formula is C24H32N3O3+. The van der Waals surface area contributed by atoms with Crippen LogP contribution in [0.25, 0.3) is 0 Å². The van der Waals surface area contributed by atoms with Crippen LogP contribution < -0.4 is 15.0 Å². The third-order valence-corrected chi connectivity index (χ3v) is 5.61. The predicted molar refractivity (Wildman–Crippen MR) is 118 cm³/mol. The van der Waals surface area contributed by atoms with Gasteiger partial charge < -0.3 is 19.9 Å². The molecule has 0 aromatic heterocycles. The smallest absolute Gasteiger partial charge is 0.279 e. The van der Waals surface area contributed by atoms with Crippen molar-refractivity contribution in [3.8, 4) is 5.75 Å². The first-order valence-electron chi connectivity index (χ1n) is 10.7. The molecule has 2 aromatic rings. The van der Waals surface area contributed by atoms with Crippen molar-refractivity contribution in [1.82, 2.24) is 4.90 Å². The van der Waals surface area contributed by atoms with Crippen molar-refractivity contribution in [1.29, 1.82) is 0 Å². The van der Waals surface area contributed by atoms with E-state index in [1.54, 1.807) is 0 Å². The fourth-order valence-electron chi connectivity index (χ4n) is 3.82. The second-order valence-corrected chi connectivity index (χ2v) is 7.89. The minimum Gasteiger partial charge on any atom is -0.481 e. The Morgan fingerprint density at radius 3 is 2.27 bits per heavy atom. The Bertz CT molecular complexity index is 841. The zero-order valence-electron chi connectivity index (χ0n) is 18.1. The summed E-state index contributed by atoms with van der Waals surface area (Å²) in [4.78, 5) is 28.5. The highest BCUT2D eigenvalue weighted by Crippen LogP contribution is 2.19. The lowest BCUT2D eigenvalue weighted by atomic mass is 10.1. The standard InChI is InChI=1S/C24H31N3O3/c1-4-21(30-20-11-6-5-7-12-20)24(29)27-15-13-26(14-16-27)17-22(28)25-23-18(2)9-8-10-19(23)3/h5-12,21H,4,13-17H2,1-3H3,(H,25,28)/p+1/t21-/m0/s1. The van der Waals surface area contributed by atoms with Crippen molar-refractivity contribution in [2.45, 2.75) is 33.3 Å². The number of amides is 2. The number of nitrogens with one attached hydrogen (secondary N) is 2. The zero-order chi connectivity index (χ0) is 21.5. The first-order valence-corrected chi connectivity index (χ1v) is 10.7. The molecule has 0 bridgehead atoms. The molecule has 2 aromatic carbocycles. The summed E-state index contributed by atoms with van der Waals surface area (Å²) in [6, 6.07) is 15.5. The van der Waals surface area contributed by atoms with Crippen LogP contribution in [0.1, 0.15) is 24.5 Å². The van der Waals surface area contributed by atoms with E-state index >= 15 is 0 Å². The van der Waals surface area contributed by atoms with Gasteiger partial charge in [-0.1, -0.05) is 43.3 Å². The number of aryl methyl sites for hydroxylation is 2. The zero-order valence-corrected chi connectivity index (χ0v) is 18.1. The van der Waals surface area contributed by atoms with Crippen LogP contribution in [0.3, 0.4) is 0 Å². The van der Waals surface area contributed by atoms with E-state index in [1.165, 1.54) is 4.90 Å². The average Bonchev–Trinajstić information content (AvgIpc) is 2.75. The number of hydrogen-bond acceptors (Lipinski definition) is 3. The fourth-order valence-corrected chi connectivity index (χ4v) is 3.82. The largest absolute Gasteiger partial charge is 0.481 e. The van der Waals surface area contributed by atoms with Crippen LogP contribution >= 0.6 is 0 Å². The summed E-state index contributed by atoms with van der Waals surface area (Å²) >= 11 is 0. The molecular weight excluding hydrogens is 378 g/mol. The van der Waals surface area contributed by atoms with E-state index in [0.29, 0.717) is 31.8 Å². The number of para-hydroxylation sites is 2. The van der Waals surface area contributed by atoms with Gasteiger partial charge in [0.2, 0.25) is 0 Å². The SMILES string of the molecule is CC[C@H](Oc1ccccc1)C(=O)N1CC[NH+](CC(=O)Nc2c(C)cccc2C)CC1. The summed E-state index contributed by atoms with van der Waals surface area (Å²) in [5.74, 6) is 0.756. The molecule has 0 unspecified atom stereocenters. The quantitative estimate of drug-likeness (QED) is 0.732. The van der Waals surface area contributed by atoms with E-state index in [4.69, 9.17) is 4.74 Å². The molecule has 0 aliphatic carbocycles. The van der Waals surface area contributed by atoms with Gasteiger partial charge in [-0.2, -0.15) is 0 Å². The topological polar surface area (TPSA) is 63.1 Å². The number of quaternary nitrogens is 1. The lowest BCUT2D eigenvalue weighted by Crippen LogP contribution is -3.15. The van der Waals surface area contributed by atoms with Crippen molar-refractivity contribution in [3.63, 3.8) is 0 Å². The van der Waals surface area contributed by atoms with Crippen LogP contribution in [-0.2, 0) is 9.59 Å². The second kappa shape index (κ2) is 10.3. The number of carbonyl (C=O) groups excluding carboxylic acids is 2. The molecule has 1 aliphatic heterocycles. The maximum atomic E-state index is 12.9. The lowest BCUT2D eigenvalue weighted by Gasteiger charge is -2.33. The van der Waals surface area contributed by atoms with E-state index < -0.39 is 6.10 Å². The van der Waals surface area contributed by atoms with Crippen molar-refractivity contribution in [2.24, 2.45) is 0 Å². The minimum absolute atomic E-state index is 0.0148. The highest BCUT2D eigenvalue weighted by atomic mass is 16.5. The Hall–Kier alpha value is -2.86. The predicted octanol–water partition coefficient (Wildman–Crippen LogP) is 1.83. The van der Waals surface area contributed by atoms with Gasteiger partial charge in [-0.05, 0) is 43.5 Å². The molecule has 2 N–H and O–H groups in total. The van der Waals surface area contributed by atoms with E-state index in [9.17, 15) is 9.59 Å². The van der Waals surface area contributed by atoms with Gasteiger partial charge in [0.05, 0.1) is 26.2 Å². The number of nitrogens with zero attached hydrogens (tertiary/aromatic N) is 1. The number of anilines is 1. The summed E-state index contributed by atoms with van der Waals surface area (Å²) in [5, 5.41) is 3.05. The van der Waals surface area contributed by atoms with E-state index in [0.717, 1.165) is 29.9 Å². The third-order valence-electron chi connectivity index (χ3n) is 5.61. The summed E-state index contributed by atoms with van der Waals surface area (Å²) < 4.78 is 5.90. The van der Waals surface area contributed by atoms with Gasteiger partial charge in [-0.25, -0.2) is 0 Å². The molecule has 1 fully saturated rings. The third kappa shape index (κ3) is 5.60. The first-order chi connectivity index (χ1) is 14.5. The van der Waals surface area contributed by atoms with Crippen LogP contribution in [0.4, 0.5) is 5.69 Å². The minimum atomic E-state index is -0.471. The van der Waals surface area contributed by atoms with Crippen LogP contribution in [-0.4, -0.2) is 55.5 Å². The maximum Gasteiger partial charge on any atom is 0.279 e. The molecule has 1 atom stereocenters. The van der Waals surface area contributed by atoms with Crippen molar-refractivity contribution in [2.75, 3.05) is 38.0 Å². The normalized spacial score (nSPS) is 15.5. The van der Waals surface area contributed by atoms with Gasteiger partial charge >= 0.3 is 0 Å². The first kappa shape index (κ1) is 21.8. The second-order valence-electron chi connectivity index (χ2n) is 7.89.